The van der Waals surface area contributed by atoms with Crippen LogP contribution in [0.5, 0.6) is 0 Å². The zero-order chi connectivity index (χ0) is 13.3. The molecule has 1 spiro atoms. The van der Waals surface area contributed by atoms with E-state index in [4.69, 9.17) is 0 Å². The van der Waals surface area contributed by atoms with Gasteiger partial charge in [0.05, 0.1) is 11.9 Å². The Bertz CT molecular complexity index is 480. The monoisotopic (exact) mass is 259 g/mol. The summed E-state index contributed by atoms with van der Waals surface area (Å²) in [5.74, 6) is 0. The number of amides is 2. The number of carbonyl (C=O) groups excluding carboxylic acids is 1. The van der Waals surface area contributed by atoms with Gasteiger partial charge < -0.3 is 10.2 Å². The maximum absolute atomic E-state index is 12.3. The summed E-state index contributed by atoms with van der Waals surface area (Å²) in [5, 5.41) is 2.98. The molecule has 1 N–H and O–H groups in total. The van der Waals surface area contributed by atoms with Crippen molar-refractivity contribution in [1.29, 1.82) is 0 Å². The molecule has 0 unspecified atom stereocenters. The molecule has 1 aromatic rings. The van der Waals surface area contributed by atoms with Crippen LogP contribution in [0, 0.1) is 12.3 Å². The number of pyridine rings is 1. The van der Waals surface area contributed by atoms with Crippen molar-refractivity contribution in [2.75, 3.05) is 18.4 Å². The van der Waals surface area contributed by atoms with Gasteiger partial charge in [-0.15, -0.1) is 0 Å². The average molecular weight is 259 g/mol. The summed E-state index contributed by atoms with van der Waals surface area (Å²) in [6.07, 6.45) is 9.88. The fraction of sp³-hybridized carbons (Fsp3) is 0.600. The van der Waals surface area contributed by atoms with Crippen molar-refractivity contribution in [3.63, 3.8) is 0 Å². The fourth-order valence-corrected chi connectivity index (χ4v) is 3.43. The van der Waals surface area contributed by atoms with Crippen LogP contribution in [0.15, 0.2) is 18.5 Å². The van der Waals surface area contributed by atoms with Crippen molar-refractivity contribution in [2.45, 2.75) is 39.0 Å². The van der Waals surface area contributed by atoms with E-state index in [0.29, 0.717) is 5.41 Å². The summed E-state index contributed by atoms with van der Waals surface area (Å²) < 4.78 is 0. The summed E-state index contributed by atoms with van der Waals surface area (Å²) >= 11 is 0. The predicted molar refractivity (Wildman–Crippen MR) is 75.1 cm³/mol. The lowest BCUT2D eigenvalue weighted by Crippen LogP contribution is -2.34. The van der Waals surface area contributed by atoms with E-state index in [1.165, 1.54) is 32.1 Å². The topological polar surface area (TPSA) is 45.2 Å². The first-order chi connectivity index (χ1) is 9.19. The van der Waals surface area contributed by atoms with Crippen molar-refractivity contribution < 1.29 is 4.79 Å². The molecule has 19 heavy (non-hydrogen) atoms. The van der Waals surface area contributed by atoms with Crippen molar-refractivity contribution in [3.05, 3.63) is 24.0 Å². The number of aryl methyl sites for hydroxylation is 1. The number of anilines is 1. The van der Waals surface area contributed by atoms with Crippen LogP contribution in [-0.2, 0) is 0 Å². The van der Waals surface area contributed by atoms with Crippen molar-refractivity contribution in [3.8, 4) is 0 Å². The third kappa shape index (κ3) is 2.44. The Morgan fingerprint density at radius 2 is 2.16 bits per heavy atom. The smallest absolute Gasteiger partial charge is 0.321 e. The third-order valence-corrected chi connectivity index (χ3v) is 4.67. The number of nitrogens with zero attached hydrogens (tertiary/aromatic N) is 2. The van der Waals surface area contributed by atoms with Crippen LogP contribution >= 0.6 is 0 Å². The molecule has 1 aliphatic heterocycles. The maximum Gasteiger partial charge on any atom is 0.321 e. The first-order valence-electron chi connectivity index (χ1n) is 7.15. The normalized spacial score (nSPS) is 21.0. The van der Waals surface area contributed by atoms with Gasteiger partial charge in [0.25, 0.3) is 0 Å². The highest BCUT2D eigenvalue weighted by atomic mass is 16.2. The minimum atomic E-state index is 0.0277. The number of urea groups is 1. The van der Waals surface area contributed by atoms with E-state index in [9.17, 15) is 4.79 Å². The molecular formula is C15H21N3O. The van der Waals surface area contributed by atoms with Gasteiger partial charge in [-0.25, -0.2) is 4.79 Å². The second-order valence-electron chi connectivity index (χ2n) is 6.00. The second-order valence-corrected chi connectivity index (χ2v) is 6.00. The SMILES string of the molecule is Cc1ccncc1NC(=O)N1CCC2(CCCC2)C1. The van der Waals surface area contributed by atoms with Crippen molar-refractivity contribution in [2.24, 2.45) is 5.41 Å². The van der Waals surface area contributed by atoms with Gasteiger partial charge in [-0.2, -0.15) is 0 Å². The average Bonchev–Trinajstić information content (AvgIpc) is 3.03. The zero-order valence-corrected chi connectivity index (χ0v) is 11.5. The number of nitrogens with one attached hydrogen (secondary N) is 1. The summed E-state index contributed by atoms with van der Waals surface area (Å²) in [4.78, 5) is 18.3. The summed E-state index contributed by atoms with van der Waals surface area (Å²) in [6.45, 7) is 3.81. The van der Waals surface area contributed by atoms with E-state index in [-0.39, 0.29) is 6.03 Å². The molecule has 0 atom stereocenters. The molecule has 4 nitrogen and oxygen atoms in total. The van der Waals surface area contributed by atoms with Gasteiger partial charge in [0, 0.05) is 19.3 Å². The van der Waals surface area contributed by atoms with Crippen LogP contribution in [0.1, 0.15) is 37.7 Å². The Labute approximate surface area is 114 Å². The molecule has 102 valence electrons. The van der Waals surface area contributed by atoms with E-state index in [0.717, 1.165) is 24.3 Å². The van der Waals surface area contributed by atoms with Gasteiger partial charge in [0.1, 0.15) is 0 Å². The van der Waals surface area contributed by atoms with E-state index >= 15 is 0 Å². The Morgan fingerprint density at radius 1 is 1.37 bits per heavy atom. The van der Waals surface area contributed by atoms with E-state index in [1.807, 2.05) is 17.9 Å². The molecule has 1 saturated carbocycles. The minimum Gasteiger partial charge on any atom is -0.324 e. The highest BCUT2D eigenvalue weighted by Crippen LogP contribution is 2.45. The molecule has 0 bridgehead atoms. The molecule has 0 radical (unpaired) electrons. The van der Waals surface area contributed by atoms with Crippen LogP contribution < -0.4 is 5.32 Å². The molecule has 3 rings (SSSR count). The molecule has 1 aromatic heterocycles. The van der Waals surface area contributed by atoms with E-state index < -0.39 is 0 Å². The Balaban J connectivity index is 1.64. The fourth-order valence-electron chi connectivity index (χ4n) is 3.43. The minimum absolute atomic E-state index is 0.0277. The number of likely N-dealkylation sites (tertiary alicyclic amines) is 1. The molecule has 0 aromatic carbocycles. The number of aromatic nitrogens is 1. The van der Waals surface area contributed by atoms with Crippen molar-refractivity contribution >= 4 is 11.7 Å². The van der Waals surface area contributed by atoms with Crippen LogP contribution in [0.3, 0.4) is 0 Å². The Kier molecular flexibility index (Phi) is 3.17. The molecule has 1 saturated heterocycles. The largest absolute Gasteiger partial charge is 0.324 e. The van der Waals surface area contributed by atoms with Gasteiger partial charge in [-0.1, -0.05) is 12.8 Å². The lowest BCUT2D eigenvalue weighted by molar-refractivity contribution is 0.213. The third-order valence-electron chi connectivity index (χ3n) is 4.67. The molecule has 2 amide bonds. The summed E-state index contributed by atoms with van der Waals surface area (Å²) in [5.41, 5.74) is 2.31. The highest BCUT2D eigenvalue weighted by molar-refractivity contribution is 5.90. The molecule has 1 aliphatic carbocycles. The van der Waals surface area contributed by atoms with Crippen molar-refractivity contribution in [1.82, 2.24) is 9.88 Å². The van der Waals surface area contributed by atoms with Gasteiger partial charge in [0.2, 0.25) is 0 Å². The quantitative estimate of drug-likeness (QED) is 0.841. The van der Waals surface area contributed by atoms with E-state index in [2.05, 4.69) is 10.3 Å². The number of rotatable bonds is 1. The first-order valence-corrected chi connectivity index (χ1v) is 7.15. The standard InChI is InChI=1S/C15H21N3O/c1-12-4-8-16-10-13(12)17-14(19)18-9-7-15(11-18)5-2-3-6-15/h4,8,10H,2-3,5-7,9,11H2,1H3,(H,17,19). The zero-order valence-electron chi connectivity index (χ0n) is 11.5. The molecule has 2 fully saturated rings. The Morgan fingerprint density at radius 3 is 2.89 bits per heavy atom. The maximum atomic E-state index is 12.3. The van der Waals surface area contributed by atoms with Crippen LogP contribution in [-0.4, -0.2) is 29.0 Å². The van der Waals surface area contributed by atoms with Gasteiger partial charge in [-0.05, 0) is 43.2 Å². The van der Waals surface area contributed by atoms with Gasteiger partial charge in [0.15, 0.2) is 0 Å². The van der Waals surface area contributed by atoms with Crippen LogP contribution in [0.25, 0.3) is 0 Å². The molecule has 4 heteroatoms. The van der Waals surface area contributed by atoms with Crippen LogP contribution in [0.2, 0.25) is 0 Å². The number of hydrogen-bond donors (Lipinski definition) is 1. The predicted octanol–water partition coefficient (Wildman–Crippen LogP) is 3.19. The van der Waals surface area contributed by atoms with E-state index in [1.54, 1.807) is 12.4 Å². The summed E-state index contributed by atoms with van der Waals surface area (Å²) in [7, 11) is 0. The molecule has 2 heterocycles. The highest BCUT2D eigenvalue weighted by Gasteiger charge is 2.41. The first kappa shape index (κ1) is 12.5. The van der Waals surface area contributed by atoms with Gasteiger partial charge in [-0.3, -0.25) is 4.98 Å². The number of carbonyl (C=O) groups is 1. The summed E-state index contributed by atoms with van der Waals surface area (Å²) in [6, 6.07) is 1.94. The second kappa shape index (κ2) is 4.83. The lowest BCUT2D eigenvalue weighted by Gasteiger charge is -2.23. The molecular weight excluding hydrogens is 238 g/mol. The van der Waals surface area contributed by atoms with Gasteiger partial charge >= 0.3 is 6.03 Å². The number of hydrogen-bond acceptors (Lipinski definition) is 2. The van der Waals surface area contributed by atoms with Crippen LogP contribution in [0.4, 0.5) is 10.5 Å². The Hall–Kier alpha value is -1.58. The molecule has 2 aliphatic rings. The lowest BCUT2D eigenvalue weighted by atomic mass is 9.86.